The quantitative estimate of drug-likeness (QED) is 0.486. The van der Waals surface area contributed by atoms with Gasteiger partial charge in [0, 0.05) is 28.1 Å². The van der Waals surface area contributed by atoms with Gasteiger partial charge in [-0.25, -0.2) is 0 Å². The molecule has 0 saturated carbocycles. The van der Waals surface area contributed by atoms with Crippen molar-refractivity contribution < 1.29 is 9.53 Å². The number of fused-ring (bicyclic) bond motifs is 1. The molecule has 0 spiro atoms. The van der Waals surface area contributed by atoms with Crippen LogP contribution in [0.15, 0.2) is 65.1 Å². The summed E-state index contributed by atoms with van der Waals surface area (Å²) in [5.74, 6) is 2.67. The Hall–Kier alpha value is -1.98. The minimum absolute atomic E-state index is 0.0643. The Bertz CT molecular complexity index is 915. The fourth-order valence-electron chi connectivity index (χ4n) is 2.97. The molecule has 5 heteroatoms. The van der Waals surface area contributed by atoms with Crippen LogP contribution in [0.5, 0.6) is 5.75 Å². The van der Waals surface area contributed by atoms with Crippen LogP contribution in [-0.2, 0) is 17.0 Å². The predicted octanol–water partition coefficient (Wildman–Crippen LogP) is 5.20. The molecule has 3 aromatic carbocycles. The van der Waals surface area contributed by atoms with Crippen LogP contribution in [-0.4, -0.2) is 25.3 Å². The fourth-order valence-corrected chi connectivity index (χ4v) is 4.24. The van der Waals surface area contributed by atoms with Crippen molar-refractivity contribution in [3.8, 4) is 5.75 Å². The molecule has 1 amide bonds. The number of carbonyl (C=O) groups excluding carboxylic acids is 1. The van der Waals surface area contributed by atoms with Crippen molar-refractivity contribution >= 4 is 44.4 Å². The molecule has 0 aliphatic carbocycles. The molecular formula is C22H22BrNO2S. The smallest absolute Gasteiger partial charge is 0.224 e. The lowest BCUT2D eigenvalue weighted by atomic mass is 10.0. The first-order valence-electron chi connectivity index (χ1n) is 8.81. The van der Waals surface area contributed by atoms with Crippen LogP contribution in [0.4, 0.5) is 0 Å². The summed E-state index contributed by atoms with van der Waals surface area (Å²) < 4.78 is 6.62. The normalized spacial score (nSPS) is 10.7. The molecular weight excluding hydrogens is 422 g/mol. The van der Waals surface area contributed by atoms with Gasteiger partial charge in [0.25, 0.3) is 0 Å². The van der Waals surface area contributed by atoms with Crippen molar-refractivity contribution in [2.75, 3.05) is 19.4 Å². The number of carbonyl (C=O) groups is 1. The predicted molar refractivity (Wildman–Crippen MR) is 118 cm³/mol. The topological polar surface area (TPSA) is 38.3 Å². The number of amides is 1. The lowest BCUT2D eigenvalue weighted by Gasteiger charge is -2.12. The third-order valence-corrected chi connectivity index (χ3v) is 5.77. The van der Waals surface area contributed by atoms with Crippen molar-refractivity contribution in [2.24, 2.45) is 0 Å². The van der Waals surface area contributed by atoms with E-state index in [9.17, 15) is 4.79 Å². The molecule has 1 N–H and O–H groups in total. The Morgan fingerprint density at radius 1 is 1.11 bits per heavy atom. The molecule has 0 atom stereocenters. The van der Waals surface area contributed by atoms with Crippen molar-refractivity contribution in [3.05, 3.63) is 76.3 Å². The summed E-state index contributed by atoms with van der Waals surface area (Å²) in [5, 5.41) is 5.39. The monoisotopic (exact) mass is 443 g/mol. The largest absolute Gasteiger partial charge is 0.496 e. The van der Waals surface area contributed by atoms with Crippen LogP contribution in [0.3, 0.4) is 0 Å². The van der Waals surface area contributed by atoms with Gasteiger partial charge < -0.3 is 10.1 Å². The molecule has 3 nitrogen and oxygen atoms in total. The highest BCUT2D eigenvalue weighted by atomic mass is 79.9. The molecule has 27 heavy (non-hydrogen) atoms. The summed E-state index contributed by atoms with van der Waals surface area (Å²) in [5.41, 5.74) is 2.23. The maximum Gasteiger partial charge on any atom is 0.224 e. The SMILES string of the molecule is COc1ccc2cc(Br)ccc2c1CSCCNC(=O)Cc1ccccc1. The van der Waals surface area contributed by atoms with E-state index in [0.717, 1.165) is 27.3 Å². The van der Waals surface area contributed by atoms with Crippen molar-refractivity contribution in [1.29, 1.82) is 0 Å². The van der Waals surface area contributed by atoms with Crippen molar-refractivity contribution in [3.63, 3.8) is 0 Å². The standard InChI is InChI=1S/C22H22BrNO2S/c1-26-21-10-7-17-14-18(23)8-9-19(17)20(21)15-27-12-11-24-22(25)13-16-5-3-2-4-6-16/h2-10,14H,11-13,15H2,1H3,(H,24,25). The molecule has 3 rings (SSSR count). The highest BCUT2D eigenvalue weighted by Gasteiger charge is 2.09. The second kappa shape index (κ2) is 9.81. The molecule has 0 radical (unpaired) electrons. The first kappa shape index (κ1) is 19.8. The number of nitrogens with one attached hydrogen (secondary N) is 1. The van der Waals surface area contributed by atoms with E-state index in [1.165, 1.54) is 16.3 Å². The van der Waals surface area contributed by atoms with Crippen LogP contribution >= 0.6 is 27.7 Å². The van der Waals surface area contributed by atoms with E-state index in [2.05, 4.69) is 45.5 Å². The first-order chi connectivity index (χ1) is 13.2. The van der Waals surface area contributed by atoms with E-state index in [0.29, 0.717) is 13.0 Å². The van der Waals surface area contributed by atoms with Gasteiger partial charge in [-0.3, -0.25) is 4.79 Å². The van der Waals surface area contributed by atoms with E-state index in [4.69, 9.17) is 4.74 Å². The second-order valence-corrected chi connectivity index (χ2v) is 8.20. The third kappa shape index (κ3) is 5.50. The molecule has 0 aliphatic rings. The summed E-state index contributed by atoms with van der Waals surface area (Å²) in [4.78, 5) is 12.0. The zero-order valence-electron chi connectivity index (χ0n) is 15.2. The van der Waals surface area contributed by atoms with E-state index in [-0.39, 0.29) is 5.91 Å². The molecule has 0 aliphatic heterocycles. The lowest BCUT2D eigenvalue weighted by molar-refractivity contribution is -0.120. The average Bonchev–Trinajstić information content (AvgIpc) is 2.68. The van der Waals surface area contributed by atoms with Crippen LogP contribution in [0.25, 0.3) is 10.8 Å². The summed E-state index contributed by atoms with van der Waals surface area (Å²) >= 11 is 5.32. The van der Waals surface area contributed by atoms with Crippen LogP contribution in [0.1, 0.15) is 11.1 Å². The van der Waals surface area contributed by atoms with Gasteiger partial charge >= 0.3 is 0 Å². The number of hydrogen-bond donors (Lipinski definition) is 1. The van der Waals surface area contributed by atoms with Gasteiger partial charge in [-0.05, 0) is 34.5 Å². The molecule has 0 unspecified atom stereocenters. The maximum atomic E-state index is 12.0. The molecule has 140 valence electrons. The number of thioether (sulfide) groups is 1. The summed E-state index contributed by atoms with van der Waals surface area (Å²) in [6, 6.07) is 20.2. The molecule has 0 bridgehead atoms. The van der Waals surface area contributed by atoms with Gasteiger partial charge in [-0.15, -0.1) is 0 Å². The van der Waals surface area contributed by atoms with Crippen molar-refractivity contribution in [2.45, 2.75) is 12.2 Å². The molecule has 0 fully saturated rings. The minimum Gasteiger partial charge on any atom is -0.496 e. The number of ether oxygens (including phenoxy) is 1. The second-order valence-electron chi connectivity index (χ2n) is 6.18. The minimum atomic E-state index is 0.0643. The molecule has 3 aromatic rings. The maximum absolute atomic E-state index is 12.0. The highest BCUT2D eigenvalue weighted by molar-refractivity contribution is 9.10. The lowest BCUT2D eigenvalue weighted by Crippen LogP contribution is -2.27. The highest BCUT2D eigenvalue weighted by Crippen LogP contribution is 2.32. The van der Waals surface area contributed by atoms with Gasteiger partial charge in [0.1, 0.15) is 5.75 Å². The van der Waals surface area contributed by atoms with E-state index >= 15 is 0 Å². The fraction of sp³-hybridized carbons (Fsp3) is 0.227. The van der Waals surface area contributed by atoms with Crippen LogP contribution < -0.4 is 10.1 Å². The van der Waals surface area contributed by atoms with Gasteiger partial charge in [0.15, 0.2) is 0 Å². The number of benzene rings is 3. The van der Waals surface area contributed by atoms with Gasteiger partial charge in [0.2, 0.25) is 5.91 Å². The molecule has 0 heterocycles. The Balaban J connectivity index is 1.52. The first-order valence-corrected chi connectivity index (χ1v) is 10.8. The Morgan fingerprint density at radius 2 is 1.93 bits per heavy atom. The average molecular weight is 444 g/mol. The number of hydrogen-bond acceptors (Lipinski definition) is 3. The molecule has 0 aromatic heterocycles. The summed E-state index contributed by atoms with van der Waals surface area (Å²) in [6.07, 6.45) is 0.428. The van der Waals surface area contributed by atoms with Gasteiger partial charge in [0.05, 0.1) is 13.5 Å². The molecule has 0 saturated heterocycles. The Labute approximate surface area is 172 Å². The zero-order chi connectivity index (χ0) is 19.1. The van der Waals surface area contributed by atoms with Crippen LogP contribution in [0.2, 0.25) is 0 Å². The van der Waals surface area contributed by atoms with E-state index in [1.54, 1.807) is 18.9 Å². The van der Waals surface area contributed by atoms with E-state index in [1.807, 2.05) is 36.4 Å². The Kier molecular flexibility index (Phi) is 7.18. The summed E-state index contributed by atoms with van der Waals surface area (Å²) in [6.45, 7) is 0.662. The number of rotatable bonds is 8. The number of halogens is 1. The zero-order valence-corrected chi connectivity index (χ0v) is 17.6. The van der Waals surface area contributed by atoms with E-state index < -0.39 is 0 Å². The number of methoxy groups -OCH3 is 1. The van der Waals surface area contributed by atoms with Gasteiger partial charge in [-0.2, -0.15) is 11.8 Å². The van der Waals surface area contributed by atoms with Crippen LogP contribution in [0, 0.1) is 0 Å². The van der Waals surface area contributed by atoms with Gasteiger partial charge in [-0.1, -0.05) is 58.4 Å². The summed E-state index contributed by atoms with van der Waals surface area (Å²) in [7, 11) is 1.71. The third-order valence-electron chi connectivity index (χ3n) is 4.29. The Morgan fingerprint density at radius 3 is 2.70 bits per heavy atom. The van der Waals surface area contributed by atoms with Crippen molar-refractivity contribution in [1.82, 2.24) is 5.32 Å².